The maximum absolute atomic E-state index is 13.9. The van der Waals surface area contributed by atoms with E-state index < -0.39 is 35.8 Å². The van der Waals surface area contributed by atoms with E-state index in [2.05, 4.69) is 15.0 Å². The van der Waals surface area contributed by atoms with Crippen LogP contribution in [-0.4, -0.2) is 53.2 Å². The Balaban J connectivity index is 1.62. The predicted octanol–water partition coefficient (Wildman–Crippen LogP) is 3.32. The summed E-state index contributed by atoms with van der Waals surface area (Å²) in [5.41, 5.74) is -0.217. The van der Waals surface area contributed by atoms with Gasteiger partial charge in [-0.2, -0.15) is 8.78 Å². The number of hydrogen-bond donors (Lipinski definition) is 1. The first-order valence-electron chi connectivity index (χ1n) is 8.85. The number of rotatable bonds is 4. The fraction of sp³-hybridized carbons (Fsp3) is 0.421. The van der Waals surface area contributed by atoms with E-state index in [0.717, 1.165) is 12.1 Å². The van der Waals surface area contributed by atoms with Crippen LogP contribution in [0, 0.1) is 5.82 Å². The summed E-state index contributed by atoms with van der Waals surface area (Å²) in [4.78, 5) is 29.8. The van der Waals surface area contributed by atoms with Crippen LogP contribution in [0.15, 0.2) is 24.4 Å². The molecule has 0 radical (unpaired) electrons. The Morgan fingerprint density at radius 3 is 2.55 bits per heavy atom. The zero-order valence-corrected chi connectivity index (χ0v) is 16.0. The Kier molecular flexibility index (Phi) is 5.54. The third-order valence-corrected chi connectivity index (χ3v) is 4.08. The van der Waals surface area contributed by atoms with Gasteiger partial charge >= 0.3 is 12.7 Å². The van der Waals surface area contributed by atoms with Gasteiger partial charge in [-0.3, -0.25) is 9.78 Å². The topological polar surface area (TPSA) is 80.8 Å². The molecule has 0 bridgehead atoms. The molecule has 7 nitrogen and oxygen atoms in total. The van der Waals surface area contributed by atoms with E-state index >= 15 is 0 Å². The summed E-state index contributed by atoms with van der Waals surface area (Å²) in [5.74, 6) is -2.04. The van der Waals surface area contributed by atoms with E-state index in [4.69, 9.17) is 4.74 Å². The van der Waals surface area contributed by atoms with Gasteiger partial charge in [0.25, 0.3) is 5.91 Å². The van der Waals surface area contributed by atoms with Crippen molar-refractivity contribution in [1.82, 2.24) is 15.2 Å². The molecule has 2 aromatic rings. The summed E-state index contributed by atoms with van der Waals surface area (Å²) in [6, 6.07) is 3.18. The summed E-state index contributed by atoms with van der Waals surface area (Å²) in [7, 11) is 0. The average molecular weight is 411 g/mol. The number of nitrogens with one attached hydrogen (secondary N) is 1. The van der Waals surface area contributed by atoms with Crippen LogP contribution in [0.1, 0.15) is 31.1 Å². The minimum atomic E-state index is -3.16. The molecule has 3 rings (SSSR count). The Morgan fingerprint density at radius 2 is 1.93 bits per heavy atom. The van der Waals surface area contributed by atoms with Crippen molar-refractivity contribution < 1.29 is 32.2 Å². The number of aromatic nitrogens is 1. The third kappa shape index (κ3) is 5.07. The quantitative estimate of drug-likeness (QED) is 0.835. The molecule has 156 valence electrons. The van der Waals surface area contributed by atoms with E-state index in [9.17, 15) is 22.8 Å². The summed E-state index contributed by atoms with van der Waals surface area (Å²) < 4.78 is 47.8. The molecular formula is C19H20F3N3O4. The maximum atomic E-state index is 13.9. The molecule has 0 aliphatic carbocycles. The molecule has 1 N–H and O–H groups in total. The first-order chi connectivity index (χ1) is 13.5. The Hall–Kier alpha value is -3.04. The molecule has 1 aromatic carbocycles. The van der Waals surface area contributed by atoms with Crippen molar-refractivity contribution in [2.75, 3.05) is 13.1 Å². The second kappa shape index (κ2) is 7.76. The van der Waals surface area contributed by atoms with Crippen molar-refractivity contribution in [3.8, 4) is 5.75 Å². The standard InChI is InChI=1S/C19H20F3N3O4/c1-19(2,3)29-18(27)25-8-12(9-25)24-16(26)11-4-10-5-13(20)15(28-17(21)22)6-14(10)23-7-11/h4-7,12,17H,8-9H2,1-3H3,(H,24,26). The molecular weight excluding hydrogens is 391 g/mol. The largest absolute Gasteiger partial charge is 0.444 e. The van der Waals surface area contributed by atoms with Crippen LogP contribution in [0.4, 0.5) is 18.0 Å². The second-order valence-electron chi connectivity index (χ2n) is 7.63. The number of halogens is 3. The molecule has 0 spiro atoms. The van der Waals surface area contributed by atoms with E-state index in [0.29, 0.717) is 13.1 Å². The van der Waals surface area contributed by atoms with Crippen molar-refractivity contribution in [3.63, 3.8) is 0 Å². The summed E-state index contributed by atoms with van der Waals surface area (Å²) in [6.45, 7) is 2.76. The molecule has 0 atom stereocenters. The molecule has 0 unspecified atom stereocenters. The van der Waals surface area contributed by atoms with Gasteiger partial charge in [0, 0.05) is 30.7 Å². The highest BCUT2D eigenvalue weighted by Gasteiger charge is 2.34. The number of likely N-dealkylation sites (tertiary alicyclic amines) is 1. The minimum Gasteiger partial charge on any atom is -0.444 e. The van der Waals surface area contributed by atoms with E-state index in [1.165, 1.54) is 17.2 Å². The molecule has 0 saturated carbocycles. The number of hydrogen-bond acceptors (Lipinski definition) is 5. The smallest absolute Gasteiger partial charge is 0.410 e. The first kappa shape index (κ1) is 20.7. The van der Waals surface area contributed by atoms with Crippen molar-refractivity contribution in [1.29, 1.82) is 0 Å². The number of pyridine rings is 1. The summed E-state index contributed by atoms with van der Waals surface area (Å²) in [6.07, 6.45) is 0.805. The second-order valence-corrected chi connectivity index (χ2v) is 7.63. The van der Waals surface area contributed by atoms with Crippen LogP contribution in [-0.2, 0) is 4.74 Å². The predicted molar refractivity (Wildman–Crippen MR) is 97.4 cm³/mol. The SMILES string of the molecule is CC(C)(C)OC(=O)N1CC(NC(=O)c2cnc3cc(OC(F)F)c(F)cc3c2)C1. The number of nitrogens with zero attached hydrogens (tertiary/aromatic N) is 2. The Labute approximate surface area is 164 Å². The molecule has 1 saturated heterocycles. The van der Waals surface area contributed by atoms with Crippen LogP contribution < -0.4 is 10.1 Å². The highest BCUT2D eigenvalue weighted by Crippen LogP contribution is 2.25. The number of amides is 2. The number of benzene rings is 1. The molecule has 2 heterocycles. The average Bonchev–Trinajstić information content (AvgIpc) is 2.55. The van der Waals surface area contributed by atoms with Gasteiger partial charge in [0.15, 0.2) is 11.6 Å². The van der Waals surface area contributed by atoms with Crippen LogP contribution in [0.5, 0.6) is 5.75 Å². The fourth-order valence-electron chi connectivity index (χ4n) is 2.75. The lowest BCUT2D eigenvalue weighted by molar-refractivity contribution is -0.0521. The van der Waals surface area contributed by atoms with E-state index in [1.807, 2.05) is 0 Å². The van der Waals surface area contributed by atoms with Crippen molar-refractivity contribution in [2.24, 2.45) is 0 Å². The number of carbonyl (C=O) groups is 2. The molecule has 1 fully saturated rings. The van der Waals surface area contributed by atoms with Gasteiger partial charge in [0.05, 0.1) is 17.1 Å². The van der Waals surface area contributed by atoms with Gasteiger partial charge in [-0.15, -0.1) is 0 Å². The van der Waals surface area contributed by atoms with E-state index in [-0.39, 0.29) is 22.5 Å². The lowest BCUT2D eigenvalue weighted by atomic mass is 10.1. The van der Waals surface area contributed by atoms with Gasteiger partial charge in [0.1, 0.15) is 5.60 Å². The lowest BCUT2D eigenvalue weighted by Gasteiger charge is -2.39. The van der Waals surface area contributed by atoms with Crippen LogP contribution >= 0.6 is 0 Å². The van der Waals surface area contributed by atoms with Crippen LogP contribution in [0.25, 0.3) is 10.9 Å². The number of fused-ring (bicyclic) bond motifs is 1. The normalized spacial score (nSPS) is 14.7. The lowest BCUT2D eigenvalue weighted by Crippen LogP contribution is -2.61. The van der Waals surface area contributed by atoms with Gasteiger partial charge < -0.3 is 19.7 Å². The monoisotopic (exact) mass is 411 g/mol. The van der Waals surface area contributed by atoms with Crippen molar-refractivity contribution >= 4 is 22.9 Å². The van der Waals surface area contributed by atoms with Gasteiger partial charge in [-0.1, -0.05) is 0 Å². The Bertz CT molecular complexity index is 940. The molecule has 1 aliphatic rings. The highest BCUT2D eigenvalue weighted by molar-refractivity contribution is 5.97. The van der Waals surface area contributed by atoms with Crippen LogP contribution in [0.2, 0.25) is 0 Å². The number of carbonyl (C=O) groups excluding carboxylic acids is 2. The maximum Gasteiger partial charge on any atom is 0.410 e. The zero-order valence-electron chi connectivity index (χ0n) is 16.0. The molecule has 10 heteroatoms. The summed E-state index contributed by atoms with van der Waals surface area (Å²) >= 11 is 0. The molecule has 29 heavy (non-hydrogen) atoms. The zero-order chi connectivity index (χ0) is 21.3. The number of ether oxygens (including phenoxy) is 2. The molecule has 1 aromatic heterocycles. The number of alkyl halides is 2. The molecule has 2 amide bonds. The van der Waals surface area contributed by atoms with E-state index in [1.54, 1.807) is 20.8 Å². The fourth-order valence-corrected chi connectivity index (χ4v) is 2.75. The van der Waals surface area contributed by atoms with Crippen molar-refractivity contribution in [3.05, 3.63) is 35.8 Å². The van der Waals surface area contributed by atoms with Crippen LogP contribution in [0.3, 0.4) is 0 Å². The van der Waals surface area contributed by atoms with Gasteiger partial charge in [-0.05, 0) is 32.9 Å². The molecule has 1 aliphatic heterocycles. The Morgan fingerprint density at radius 1 is 1.24 bits per heavy atom. The van der Waals surface area contributed by atoms with Gasteiger partial charge in [-0.25, -0.2) is 9.18 Å². The summed E-state index contributed by atoms with van der Waals surface area (Å²) in [5, 5.41) is 3.02. The first-order valence-corrected chi connectivity index (χ1v) is 8.85. The van der Waals surface area contributed by atoms with Gasteiger partial charge in [0.2, 0.25) is 0 Å². The highest BCUT2D eigenvalue weighted by atomic mass is 19.3. The minimum absolute atomic E-state index is 0.176. The van der Waals surface area contributed by atoms with Crippen molar-refractivity contribution in [2.45, 2.75) is 39.0 Å². The third-order valence-electron chi connectivity index (χ3n) is 4.08.